The zero-order chi connectivity index (χ0) is 28.2. The second kappa shape index (κ2) is 10.9. The molecule has 9 atom stereocenters. The first-order valence-electron chi connectivity index (χ1n) is 15.7. The van der Waals surface area contributed by atoms with E-state index >= 15 is 0 Å². The van der Waals surface area contributed by atoms with E-state index < -0.39 is 22.3 Å². The third-order valence-corrected chi connectivity index (χ3v) is 13.3. The molecule has 5 heteroatoms. The van der Waals surface area contributed by atoms with Crippen molar-refractivity contribution in [2.24, 2.45) is 46.3 Å². The van der Waals surface area contributed by atoms with Gasteiger partial charge >= 0.3 is 0 Å². The quantitative estimate of drug-likeness (QED) is 0.260. The maximum Gasteiger partial charge on any atom is 0.297 e. The van der Waals surface area contributed by atoms with Gasteiger partial charge in [-0.3, -0.25) is 4.18 Å². The molecule has 5 rings (SSSR count). The third-order valence-electron chi connectivity index (χ3n) is 11.9. The Bertz CT molecular complexity index is 1150. The Balaban J connectivity index is 1.30. The summed E-state index contributed by atoms with van der Waals surface area (Å²) < 4.78 is 31.8. The van der Waals surface area contributed by atoms with Crippen molar-refractivity contribution < 1.29 is 17.7 Å². The Morgan fingerprint density at radius 2 is 1.74 bits per heavy atom. The molecule has 1 aromatic carbocycles. The number of rotatable bonds is 8. The van der Waals surface area contributed by atoms with Gasteiger partial charge in [0, 0.05) is 11.8 Å². The van der Waals surface area contributed by atoms with Gasteiger partial charge in [-0.2, -0.15) is 8.42 Å². The first-order chi connectivity index (χ1) is 18.4. The molecule has 218 valence electrons. The molecule has 0 amide bonds. The van der Waals surface area contributed by atoms with E-state index in [0.717, 1.165) is 35.7 Å². The highest BCUT2D eigenvalue weighted by Crippen LogP contribution is 2.67. The molecule has 0 aliphatic heterocycles. The smallest absolute Gasteiger partial charge is 0.297 e. The minimum Gasteiger partial charge on any atom is -0.392 e. The maximum atomic E-state index is 13.0. The van der Waals surface area contributed by atoms with E-state index in [0.29, 0.717) is 30.1 Å². The van der Waals surface area contributed by atoms with Gasteiger partial charge in [0.2, 0.25) is 0 Å². The molecule has 4 aliphatic carbocycles. The number of aliphatic hydroxyl groups excluding tert-OH is 1. The van der Waals surface area contributed by atoms with E-state index in [-0.39, 0.29) is 10.3 Å². The molecule has 1 N–H and O–H groups in total. The molecule has 0 radical (unpaired) electrons. The Hall–Kier alpha value is -1.17. The van der Waals surface area contributed by atoms with Crippen molar-refractivity contribution in [2.75, 3.05) is 0 Å². The maximum absolute atomic E-state index is 13.0. The average Bonchev–Trinajstić information content (AvgIpc) is 3.22. The summed E-state index contributed by atoms with van der Waals surface area (Å²) in [5.41, 5.74) is 2.37. The fourth-order valence-corrected chi connectivity index (χ4v) is 10.8. The molecule has 4 unspecified atom stereocenters. The second-order valence-corrected chi connectivity index (χ2v) is 16.2. The number of aryl methyl sites for hydroxylation is 1. The largest absolute Gasteiger partial charge is 0.392 e. The van der Waals surface area contributed by atoms with E-state index in [1.165, 1.54) is 50.5 Å². The van der Waals surface area contributed by atoms with Crippen LogP contribution in [0.25, 0.3) is 0 Å². The number of hydrogen-bond acceptors (Lipinski definition) is 4. The predicted molar refractivity (Wildman–Crippen MR) is 158 cm³/mol. The lowest BCUT2D eigenvalue weighted by Gasteiger charge is -2.59. The summed E-state index contributed by atoms with van der Waals surface area (Å²) >= 11 is 0. The SMILES string of the molecule is Cc1ccc(S(=O)(=O)OC2CC3=CCC4C5CC[C@H]([C@H](C)CCCC(C)C)[C@@]5(C)CCC4[C@@]3(C)[C@@H](O)C2)cc1. The van der Waals surface area contributed by atoms with Crippen molar-refractivity contribution in [3.05, 3.63) is 41.5 Å². The van der Waals surface area contributed by atoms with Crippen molar-refractivity contribution in [3.8, 4) is 0 Å². The number of aliphatic hydroxyl groups is 1. The van der Waals surface area contributed by atoms with Crippen LogP contribution in [0.2, 0.25) is 0 Å². The van der Waals surface area contributed by atoms with Crippen LogP contribution in [0.15, 0.2) is 40.8 Å². The van der Waals surface area contributed by atoms with E-state index in [2.05, 4.69) is 40.7 Å². The number of hydrogen-bond donors (Lipinski definition) is 1. The van der Waals surface area contributed by atoms with Crippen LogP contribution in [0.3, 0.4) is 0 Å². The van der Waals surface area contributed by atoms with Gasteiger partial charge in [-0.25, -0.2) is 0 Å². The Labute approximate surface area is 238 Å². The highest BCUT2D eigenvalue weighted by atomic mass is 32.2. The highest BCUT2D eigenvalue weighted by molar-refractivity contribution is 7.86. The van der Waals surface area contributed by atoms with Crippen LogP contribution >= 0.6 is 0 Å². The third kappa shape index (κ3) is 5.30. The number of fused-ring (bicyclic) bond motifs is 5. The fourth-order valence-electron chi connectivity index (χ4n) is 9.72. The van der Waals surface area contributed by atoms with E-state index in [9.17, 15) is 13.5 Å². The molecule has 0 saturated heterocycles. The molecule has 3 fully saturated rings. The van der Waals surface area contributed by atoms with Gasteiger partial charge in [0.15, 0.2) is 0 Å². The summed E-state index contributed by atoms with van der Waals surface area (Å²) in [5, 5.41) is 11.6. The lowest BCUT2D eigenvalue weighted by Crippen LogP contribution is -2.56. The minimum absolute atomic E-state index is 0.189. The molecule has 0 spiro atoms. The number of allylic oxidation sites excluding steroid dienone is 1. The molecule has 39 heavy (non-hydrogen) atoms. The summed E-state index contributed by atoms with van der Waals surface area (Å²) in [6.07, 6.45) is 12.5. The van der Waals surface area contributed by atoms with E-state index in [1.54, 1.807) is 24.3 Å². The van der Waals surface area contributed by atoms with Gasteiger partial charge in [-0.05, 0) is 98.5 Å². The highest BCUT2D eigenvalue weighted by Gasteiger charge is 2.61. The van der Waals surface area contributed by atoms with Crippen molar-refractivity contribution in [3.63, 3.8) is 0 Å². The monoisotopic (exact) mass is 556 g/mol. The van der Waals surface area contributed by atoms with Gasteiger partial charge in [0.25, 0.3) is 10.1 Å². The summed E-state index contributed by atoms with van der Waals surface area (Å²) in [6.45, 7) is 14.0. The van der Waals surface area contributed by atoms with Crippen LogP contribution in [0.4, 0.5) is 0 Å². The van der Waals surface area contributed by atoms with Crippen molar-refractivity contribution in [1.82, 2.24) is 0 Å². The molecular formula is C34H52O4S. The molecule has 4 nitrogen and oxygen atoms in total. The average molecular weight is 557 g/mol. The van der Waals surface area contributed by atoms with Crippen molar-refractivity contribution in [1.29, 1.82) is 0 Å². The van der Waals surface area contributed by atoms with Gasteiger partial charge in [0.1, 0.15) is 0 Å². The van der Waals surface area contributed by atoms with Crippen molar-refractivity contribution >= 4 is 10.1 Å². The van der Waals surface area contributed by atoms with Crippen LogP contribution in [-0.4, -0.2) is 25.7 Å². The van der Waals surface area contributed by atoms with Gasteiger partial charge in [-0.15, -0.1) is 0 Å². The van der Waals surface area contributed by atoms with Gasteiger partial charge in [0.05, 0.1) is 17.1 Å². The van der Waals surface area contributed by atoms with E-state index in [4.69, 9.17) is 4.18 Å². The standard InChI is InChI=1S/C34H52O4S/c1-22(2)8-7-9-24(4)29-16-17-30-28-15-12-25-20-26(38-39(36,37)27-13-10-23(3)11-14-27)21-32(35)34(25,6)31(28)18-19-33(29,30)5/h10-14,22,24,26,28-32,35H,7-9,15-21H2,1-6H3/t24-,26?,28?,29-,30?,31?,32+,33-,34+/m1/s1. The zero-order valence-corrected chi connectivity index (χ0v) is 26.0. The predicted octanol–water partition coefficient (Wildman–Crippen LogP) is 8.08. The topological polar surface area (TPSA) is 63.6 Å². The molecule has 0 bridgehead atoms. The molecule has 0 aromatic heterocycles. The zero-order valence-electron chi connectivity index (χ0n) is 25.2. The molecule has 1 aromatic rings. The second-order valence-electron chi connectivity index (χ2n) is 14.6. The molecule has 3 saturated carbocycles. The van der Waals surface area contributed by atoms with E-state index in [1.807, 2.05) is 6.92 Å². The Morgan fingerprint density at radius 1 is 1.03 bits per heavy atom. The first kappa shape index (κ1) is 29.3. The minimum atomic E-state index is -3.87. The fraction of sp³-hybridized carbons (Fsp3) is 0.765. The van der Waals surface area contributed by atoms with Gasteiger partial charge in [-0.1, -0.05) is 83.2 Å². The van der Waals surface area contributed by atoms with Crippen LogP contribution in [-0.2, 0) is 14.3 Å². The lowest BCUT2D eigenvalue weighted by atomic mass is 9.46. The Kier molecular flexibility index (Phi) is 8.20. The summed E-state index contributed by atoms with van der Waals surface area (Å²) in [7, 11) is -3.87. The summed E-state index contributed by atoms with van der Waals surface area (Å²) in [4.78, 5) is 0.189. The summed E-state index contributed by atoms with van der Waals surface area (Å²) in [6, 6.07) is 6.81. The normalized spacial score (nSPS) is 39.0. The Morgan fingerprint density at radius 3 is 2.44 bits per heavy atom. The van der Waals surface area contributed by atoms with Crippen LogP contribution < -0.4 is 0 Å². The van der Waals surface area contributed by atoms with Gasteiger partial charge < -0.3 is 5.11 Å². The van der Waals surface area contributed by atoms with Crippen LogP contribution in [0.1, 0.15) is 104 Å². The molecule has 0 heterocycles. The van der Waals surface area contributed by atoms with Crippen LogP contribution in [0.5, 0.6) is 0 Å². The summed E-state index contributed by atoms with van der Waals surface area (Å²) in [5.74, 6) is 4.21. The van der Waals surface area contributed by atoms with Crippen molar-refractivity contribution in [2.45, 2.75) is 123 Å². The first-order valence-corrected chi connectivity index (χ1v) is 17.1. The van der Waals surface area contributed by atoms with Crippen LogP contribution in [0, 0.1) is 53.3 Å². The number of benzene rings is 1. The molecule has 4 aliphatic rings. The lowest BCUT2D eigenvalue weighted by molar-refractivity contribution is -0.105. The molecular weight excluding hydrogens is 504 g/mol.